The summed E-state index contributed by atoms with van der Waals surface area (Å²) in [6.45, 7) is 0. The molecule has 1 heterocycles. The number of nitrogens with zero attached hydrogens (tertiary/aromatic N) is 2. The van der Waals surface area contributed by atoms with E-state index < -0.39 is 16.7 Å². The molecule has 0 aliphatic carbocycles. The second-order valence-corrected chi connectivity index (χ2v) is 6.17. The lowest BCUT2D eigenvalue weighted by molar-refractivity contribution is -0.385. The van der Waals surface area contributed by atoms with Crippen molar-refractivity contribution in [2.45, 2.75) is 0 Å². The molecule has 0 spiro atoms. The molecule has 1 aliphatic heterocycles. The van der Waals surface area contributed by atoms with Gasteiger partial charge in [-0.3, -0.25) is 19.7 Å². The van der Waals surface area contributed by atoms with Gasteiger partial charge >= 0.3 is 0 Å². The zero-order chi connectivity index (χ0) is 20.5. The van der Waals surface area contributed by atoms with Gasteiger partial charge in [-0.05, 0) is 54.6 Å². The van der Waals surface area contributed by atoms with Crippen molar-refractivity contribution >= 4 is 23.2 Å². The monoisotopic (exact) mass is 390 g/mol. The molecule has 3 aromatic rings. The Kier molecular flexibility index (Phi) is 4.44. The first-order valence-electron chi connectivity index (χ1n) is 8.58. The van der Waals surface area contributed by atoms with E-state index in [1.165, 1.54) is 18.2 Å². The zero-order valence-corrected chi connectivity index (χ0v) is 15.2. The summed E-state index contributed by atoms with van der Waals surface area (Å²) in [4.78, 5) is 36.9. The summed E-state index contributed by atoms with van der Waals surface area (Å²) >= 11 is 0. The standard InChI is InChI=1S/C21H14N2O6/c1-28-14-9-11-16(12-10-14)29-15-7-5-13(6-8-15)22-20(24)17-3-2-4-18(23(26)27)19(17)21(22)25/h2-12H,1H3. The normalized spacial score (nSPS) is 12.7. The number of hydrogen-bond donors (Lipinski definition) is 0. The zero-order valence-electron chi connectivity index (χ0n) is 15.2. The molecule has 0 bridgehead atoms. The number of fused-ring (bicyclic) bond motifs is 1. The molecule has 4 rings (SSSR count). The van der Waals surface area contributed by atoms with Crippen molar-refractivity contribution in [2.75, 3.05) is 12.0 Å². The van der Waals surface area contributed by atoms with Crippen LogP contribution in [0.3, 0.4) is 0 Å². The highest BCUT2D eigenvalue weighted by molar-refractivity contribution is 6.35. The number of rotatable bonds is 5. The summed E-state index contributed by atoms with van der Waals surface area (Å²) in [7, 11) is 1.57. The fraction of sp³-hybridized carbons (Fsp3) is 0.0476. The molecule has 0 fully saturated rings. The third kappa shape index (κ3) is 3.16. The number of carbonyl (C=O) groups is 2. The Labute approximate surface area is 165 Å². The third-order valence-corrected chi connectivity index (χ3v) is 4.48. The van der Waals surface area contributed by atoms with Gasteiger partial charge in [0.2, 0.25) is 0 Å². The van der Waals surface area contributed by atoms with E-state index in [-0.39, 0.29) is 16.8 Å². The number of ether oxygens (including phenoxy) is 2. The summed E-state index contributed by atoms with van der Waals surface area (Å²) in [5.74, 6) is 0.475. The first-order valence-corrected chi connectivity index (χ1v) is 8.58. The molecule has 3 aromatic carbocycles. The van der Waals surface area contributed by atoms with Crippen molar-refractivity contribution in [2.24, 2.45) is 0 Å². The maximum atomic E-state index is 12.7. The van der Waals surface area contributed by atoms with Crippen LogP contribution >= 0.6 is 0 Å². The second-order valence-electron chi connectivity index (χ2n) is 6.17. The Morgan fingerprint density at radius 1 is 0.828 bits per heavy atom. The van der Waals surface area contributed by atoms with Crippen LogP contribution in [0.1, 0.15) is 20.7 Å². The van der Waals surface area contributed by atoms with E-state index in [0.717, 1.165) is 4.90 Å². The first kappa shape index (κ1) is 18.2. The van der Waals surface area contributed by atoms with E-state index in [0.29, 0.717) is 22.9 Å². The van der Waals surface area contributed by atoms with Crippen LogP contribution in [0.15, 0.2) is 66.7 Å². The molecule has 2 amide bonds. The summed E-state index contributed by atoms with van der Waals surface area (Å²) in [6, 6.07) is 17.3. The van der Waals surface area contributed by atoms with E-state index in [9.17, 15) is 19.7 Å². The number of carbonyl (C=O) groups excluding carboxylic acids is 2. The molecular weight excluding hydrogens is 376 g/mol. The van der Waals surface area contributed by atoms with Crippen molar-refractivity contribution < 1.29 is 24.0 Å². The molecule has 0 aromatic heterocycles. The lowest BCUT2D eigenvalue weighted by Gasteiger charge is -2.14. The van der Waals surface area contributed by atoms with Crippen LogP contribution in [-0.4, -0.2) is 23.8 Å². The minimum absolute atomic E-state index is 0.0164. The Balaban J connectivity index is 1.59. The largest absolute Gasteiger partial charge is 0.497 e. The summed E-state index contributed by atoms with van der Waals surface area (Å²) in [6.07, 6.45) is 0. The fourth-order valence-electron chi connectivity index (χ4n) is 3.10. The van der Waals surface area contributed by atoms with Crippen LogP contribution in [0.2, 0.25) is 0 Å². The third-order valence-electron chi connectivity index (χ3n) is 4.48. The molecule has 144 valence electrons. The molecule has 8 heteroatoms. The molecule has 0 radical (unpaired) electrons. The van der Waals surface area contributed by atoms with Gasteiger partial charge in [-0.15, -0.1) is 0 Å². The van der Waals surface area contributed by atoms with Crippen molar-refractivity contribution in [3.05, 3.63) is 88.0 Å². The van der Waals surface area contributed by atoms with Crippen LogP contribution in [0.25, 0.3) is 0 Å². The maximum absolute atomic E-state index is 12.7. The van der Waals surface area contributed by atoms with Crippen molar-refractivity contribution in [3.8, 4) is 17.2 Å². The number of nitro benzene ring substituents is 1. The number of methoxy groups -OCH3 is 1. The highest BCUT2D eigenvalue weighted by atomic mass is 16.6. The van der Waals surface area contributed by atoms with Gasteiger partial charge in [0.1, 0.15) is 22.8 Å². The minimum Gasteiger partial charge on any atom is -0.497 e. The predicted molar refractivity (Wildman–Crippen MR) is 104 cm³/mol. The van der Waals surface area contributed by atoms with Crippen LogP contribution < -0.4 is 14.4 Å². The molecule has 0 atom stereocenters. The highest BCUT2D eigenvalue weighted by Crippen LogP contribution is 2.34. The van der Waals surface area contributed by atoms with Crippen molar-refractivity contribution in [1.29, 1.82) is 0 Å². The number of nitro groups is 1. The van der Waals surface area contributed by atoms with Gasteiger partial charge in [0.15, 0.2) is 0 Å². The average molecular weight is 390 g/mol. The molecule has 8 nitrogen and oxygen atoms in total. The average Bonchev–Trinajstić information content (AvgIpc) is 2.99. The predicted octanol–water partition coefficient (Wildman–Crippen LogP) is 4.20. The smallest absolute Gasteiger partial charge is 0.283 e. The molecule has 0 saturated heterocycles. The molecule has 0 saturated carbocycles. The highest BCUT2D eigenvalue weighted by Gasteiger charge is 2.41. The van der Waals surface area contributed by atoms with Crippen LogP contribution in [-0.2, 0) is 0 Å². The van der Waals surface area contributed by atoms with E-state index in [1.54, 1.807) is 55.6 Å². The van der Waals surface area contributed by atoms with Gasteiger partial charge < -0.3 is 9.47 Å². The minimum atomic E-state index is -0.721. The van der Waals surface area contributed by atoms with Gasteiger partial charge in [-0.25, -0.2) is 4.90 Å². The number of benzene rings is 3. The van der Waals surface area contributed by atoms with Gasteiger partial charge in [0, 0.05) is 6.07 Å². The molecular formula is C21H14N2O6. The Bertz CT molecular complexity index is 1120. The Hall–Kier alpha value is -4.20. The number of hydrogen-bond acceptors (Lipinski definition) is 6. The van der Waals surface area contributed by atoms with Crippen LogP contribution in [0.4, 0.5) is 11.4 Å². The van der Waals surface area contributed by atoms with Crippen LogP contribution in [0.5, 0.6) is 17.2 Å². The van der Waals surface area contributed by atoms with Gasteiger partial charge in [0.25, 0.3) is 17.5 Å². The summed E-state index contributed by atoms with van der Waals surface area (Å²) in [5.41, 5.74) is -0.265. The van der Waals surface area contributed by atoms with Crippen molar-refractivity contribution in [3.63, 3.8) is 0 Å². The quantitative estimate of drug-likeness (QED) is 0.368. The molecule has 29 heavy (non-hydrogen) atoms. The lowest BCUT2D eigenvalue weighted by Crippen LogP contribution is -2.29. The van der Waals surface area contributed by atoms with Gasteiger partial charge in [0.05, 0.1) is 23.3 Å². The van der Waals surface area contributed by atoms with Crippen molar-refractivity contribution in [1.82, 2.24) is 0 Å². The summed E-state index contributed by atoms with van der Waals surface area (Å²) in [5, 5.41) is 11.2. The molecule has 1 aliphatic rings. The first-order chi connectivity index (χ1) is 14.0. The molecule has 0 N–H and O–H groups in total. The Morgan fingerprint density at radius 2 is 1.41 bits per heavy atom. The number of amides is 2. The fourth-order valence-corrected chi connectivity index (χ4v) is 3.10. The SMILES string of the molecule is COc1ccc(Oc2ccc(N3C(=O)c4cccc([N+](=O)[O-])c4C3=O)cc2)cc1. The van der Waals surface area contributed by atoms with E-state index in [2.05, 4.69) is 0 Å². The van der Waals surface area contributed by atoms with E-state index >= 15 is 0 Å². The van der Waals surface area contributed by atoms with Gasteiger partial charge in [-0.1, -0.05) is 6.07 Å². The number of anilines is 1. The van der Waals surface area contributed by atoms with E-state index in [1.807, 2.05) is 0 Å². The lowest BCUT2D eigenvalue weighted by atomic mass is 10.1. The van der Waals surface area contributed by atoms with E-state index in [4.69, 9.17) is 9.47 Å². The Morgan fingerprint density at radius 3 is 2.00 bits per heavy atom. The van der Waals surface area contributed by atoms with Crippen LogP contribution in [0, 0.1) is 10.1 Å². The number of imide groups is 1. The molecule has 0 unspecified atom stereocenters. The topological polar surface area (TPSA) is 99.0 Å². The maximum Gasteiger partial charge on any atom is 0.283 e. The second kappa shape index (κ2) is 7.08. The summed E-state index contributed by atoms with van der Waals surface area (Å²) < 4.78 is 10.8. The van der Waals surface area contributed by atoms with Gasteiger partial charge in [-0.2, -0.15) is 0 Å².